The molecule has 0 aromatic carbocycles. The molecule has 0 bridgehead atoms. The van der Waals surface area contributed by atoms with E-state index < -0.39 is 23.7 Å². The maximum absolute atomic E-state index is 11.9. The molecule has 22 heavy (non-hydrogen) atoms. The minimum Gasteiger partial charge on any atom is -0.465 e. The molecule has 9 nitrogen and oxygen atoms in total. The largest absolute Gasteiger partial charge is 0.465 e. The average Bonchev–Trinajstić information content (AvgIpc) is 2.78. The van der Waals surface area contributed by atoms with Crippen molar-refractivity contribution in [2.45, 2.75) is 37.0 Å². The summed E-state index contributed by atoms with van der Waals surface area (Å²) in [6, 6.07) is 0. The lowest BCUT2D eigenvalue weighted by Crippen LogP contribution is -2.29. The van der Waals surface area contributed by atoms with Gasteiger partial charge in [0.25, 0.3) is 0 Å². The Morgan fingerprint density at radius 2 is 2.18 bits per heavy atom. The maximum Gasteiger partial charge on any atom is 0.353 e. The third kappa shape index (κ3) is 3.97. The maximum atomic E-state index is 11.9. The van der Waals surface area contributed by atoms with E-state index in [9.17, 15) is 14.4 Å². The molecule has 1 aliphatic heterocycles. The van der Waals surface area contributed by atoms with Gasteiger partial charge in [0.05, 0.1) is 10.6 Å². The SMILES string of the molecule is CC(=O)OC[C@@H]1S[C@H](n2cnc(N)nc2=O)C[C@@H]1OC(C)=O. The summed E-state index contributed by atoms with van der Waals surface area (Å²) in [6.45, 7) is 2.70. The van der Waals surface area contributed by atoms with E-state index in [0.29, 0.717) is 6.42 Å². The summed E-state index contributed by atoms with van der Waals surface area (Å²) in [5.41, 5.74) is 4.83. The molecule has 0 unspecified atom stereocenters. The van der Waals surface area contributed by atoms with Crippen molar-refractivity contribution in [2.75, 3.05) is 12.3 Å². The van der Waals surface area contributed by atoms with Gasteiger partial charge in [0, 0.05) is 20.3 Å². The monoisotopic (exact) mass is 328 g/mol. The Hall–Kier alpha value is -2.10. The molecule has 0 spiro atoms. The number of nitrogens with two attached hydrogens (primary N) is 1. The zero-order chi connectivity index (χ0) is 16.3. The first-order valence-corrected chi connectivity index (χ1v) is 7.47. The Labute approximate surface area is 130 Å². The van der Waals surface area contributed by atoms with Crippen molar-refractivity contribution >= 4 is 29.6 Å². The molecule has 2 N–H and O–H groups in total. The zero-order valence-corrected chi connectivity index (χ0v) is 12.9. The molecule has 10 heteroatoms. The van der Waals surface area contributed by atoms with E-state index in [-0.39, 0.29) is 23.2 Å². The molecule has 0 aliphatic carbocycles. The second-order valence-corrected chi connectivity index (χ2v) is 6.14. The summed E-state index contributed by atoms with van der Waals surface area (Å²) in [7, 11) is 0. The minimum absolute atomic E-state index is 0.0963. The number of hydrogen-bond acceptors (Lipinski definition) is 9. The fraction of sp³-hybridized carbons (Fsp3) is 0.583. The van der Waals surface area contributed by atoms with Crippen molar-refractivity contribution in [3.8, 4) is 0 Å². The molecule has 1 fully saturated rings. The smallest absolute Gasteiger partial charge is 0.353 e. The minimum atomic E-state index is -0.528. The number of hydrogen-bond donors (Lipinski definition) is 1. The highest BCUT2D eigenvalue weighted by molar-refractivity contribution is 8.00. The van der Waals surface area contributed by atoms with Crippen molar-refractivity contribution in [1.82, 2.24) is 14.5 Å². The van der Waals surface area contributed by atoms with Crippen LogP contribution in [0.4, 0.5) is 5.95 Å². The third-order valence-electron chi connectivity index (χ3n) is 3.00. The fourth-order valence-corrected chi connectivity index (χ4v) is 3.58. The highest BCUT2D eigenvalue weighted by Crippen LogP contribution is 2.42. The number of nitrogen functional groups attached to an aromatic ring is 1. The van der Waals surface area contributed by atoms with Gasteiger partial charge in [-0.1, -0.05) is 0 Å². The molecule has 1 aromatic rings. The van der Waals surface area contributed by atoms with Gasteiger partial charge in [-0.15, -0.1) is 11.8 Å². The predicted molar refractivity (Wildman–Crippen MR) is 77.9 cm³/mol. The highest BCUT2D eigenvalue weighted by Gasteiger charge is 2.39. The number of anilines is 1. The summed E-state index contributed by atoms with van der Waals surface area (Å²) in [4.78, 5) is 41.4. The molecule has 2 heterocycles. The van der Waals surface area contributed by atoms with Crippen LogP contribution in [0.25, 0.3) is 0 Å². The number of nitrogens with zero attached hydrogens (tertiary/aromatic N) is 3. The first-order valence-electron chi connectivity index (χ1n) is 6.53. The molecule has 1 saturated heterocycles. The number of thioether (sulfide) groups is 1. The van der Waals surface area contributed by atoms with Gasteiger partial charge in [-0.05, 0) is 0 Å². The molecular weight excluding hydrogens is 312 g/mol. The van der Waals surface area contributed by atoms with E-state index in [1.54, 1.807) is 0 Å². The zero-order valence-electron chi connectivity index (χ0n) is 12.1. The number of aromatic nitrogens is 3. The van der Waals surface area contributed by atoms with Crippen LogP contribution in [0.3, 0.4) is 0 Å². The number of esters is 2. The number of carbonyl (C=O) groups excluding carboxylic acids is 2. The summed E-state index contributed by atoms with van der Waals surface area (Å²) >= 11 is 1.36. The summed E-state index contributed by atoms with van der Waals surface area (Å²) in [6.07, 6.45) is 1.24. The summed E-state index contributed by atoms with van der Waals surface area (Å²) < 4.78 is 11.5. The van der Waals surface area contributed by atoms with Gasteiger partial charge in [0.15, 0.2) is 0 Å². The van der Waals surface area contributed by atoms with Crippen LogP contribution in [0.5, 0.6) is 0 Å². The van der Waals surface area contributed by atoms with Crippen LogP contribution in [0.1, 0.15) is 25.6 Å². The van der Waals surface area contributed by atoms with E-state index in [1.807, 2.05) is 0 Å². The Balaban J connectivity index is 2.15. The normalized spacial score (nSPS) is 24.0. The van der Waals surface area contributed by atoms with Gasteiger partial charge in [-0.3, -0.25) is 14.2 Å². The number of carbonyl (C=O) groups is 2. The van der Waals surface area contributed by atoms with Crippen LogP contribution in [-0.4, -0.2) is 44.4 Å². The fourth-order valence-electron chi connectivity index (χ4n) is 2.11. The Morgan fingerprint density at radius 3 is 2.77 bits per heavy atom. The van der Waals surface area contributed by atoms with E-state index in [0.717, 1.165) is 0 Å². The van der Waals surface area contributed by atoms with E-state index >= 15 is 0 Å². The van der Waals surface area contributed by atoms with Crippen molar-refractivity contribution in [3.63, 3.8) is 0 Å². The van der Waals surface area contributed by atoms with Gasteiger partial charge < -0.3 is 15.2 Å². The van der Waals surface area contributed by atoms with Crippen LogP contribution >= 0.6 is 11.8 Å². The quantitative estimate of drug-likeness (QED) is 0.742. The first-order chi connectivity index (χ1) is 10.4. The van der Waals surface area contributed by atoms with Gasteiger partial charge in [-0.2, -0.15) is 4.98 Å². The van der Waals surface area contributed by atoms with Gasteiger partial charge in [-0.25, -0.2) is 9.78 Å². The van der Waals surface area contributed by atoms with Crippen molar-refractivity contribution in [1.29, 1.82) is 0 Å². The lowest BCUT2D eigenvalue weighted by atomic mass is 10.2. The van der Waals surface area contributed by atoms with E-state index in [1.165, 1.54) is 36.5 Å². The average molecular weight is 328 g/mol. The molecule has 0 radical (unpaired) electrons. The van der Waals surface area contributed by atoms with Gasteiger partial charge >= 0.3 is 17.6 Å². The van der Waals surface area contributed by atoms with Crippen LogP contribution in [0.2, 0.25) is 0 Å². The molecule has 3 atom stereocenters. The molecule has 120 valence electrons. The summed E-state index contributed by atoms with van der Waals surface area (Å²) in [5, 5.41) is -0.583. The number of ether oxygens (including phenoxy) is 2. The highest BCUT2D eigenvalue weighted by atomic mass is 32.2. The van der Waals surface area contributed by atoms with Crippen molar-refractivity contribution in [3.05, 3.63) is 16.8 Å². The predicted octanol–water partition coefficient (Wildman–Crippen LogP) is -0.281. The second-order valence-electron chi connectivity index (χ2n) is 4.72. The molecule has 1 aliphatic rings. The Bertz CT molecular complexity index is 634. The van der Waals surface area contributed by atoms with E-state index in [2.05, 4.69) is 9.97 Å². The molecule has 2 rings (SSSR count). The lowest BCUT2D eigenvalue weighted by Gasteiger charge is -2.17. The van der Waals surface area contributed by atoms with Crippen LogP contribution in [-0.2, 0) is 19.1 Å². The van der Waals surface area contributed by atoms with Crippen molar-refractivity contribution in [2.24, 2.45) is 0 Å². The summed E-state index contributed by atoms with van der Waals surface area (Å²) in [5.74, 6) is -0.948. The van der Waals surface area contributed by atoms with Crippen LogP contribution < -0.4 is 11.4 Å². The Kier molecular flexibility index (Phi) is 5.01. The molecular formula is C12H16N4O5S. The first kappa shape index (κ1) is 16.3. The Morgan fingerprint density at radius 1 is 1.45 bits per heavy atom. The van der Waals surface area contributed by atoms with Gasteiger partial charge in [0.1, 0.15) is 19.0 Å². The standard InChI is InChI=1S/C12H16N4O5S/c1-6(17)20-4-9-8(21-7(2)18)3-10(22-9)16-5-14-11(13)15-12(16)19/h5,8-10H,3-4H2,1-2H3,(H2,13,15,19)/t8-,9-,10-/m0/s1. The molecule has 0 amide bonds. The second kappa shape index (κ2) is 6.77. The van der Waals surface area contributed by atoms with Crippen LogP contribution in [0, 0.1) is 0 Å². The topological polar surface area (TPSA) is 126 Å². The molecule has 0 saturated carbocycles. The molecule has 1 aromatic heterocycles. The van der Waals surface area contributed by atoms with Gasteiger partial charge in [0.2, 0.25) is 5.95 Å². The van der Waals surface area contributed by atoms with Crippen LogP contribution in [0.15, 0.2) is 11.1 Å². The third-order valence-corrected chi connectivity index (χ3v) is 4.53. The van der Waals surface area contributed by atoms with Crippen molar-refractivity contribution < 1.29 is 19.1 Å². The lowest BCUT2D eigenvalue weighted by molar-refractivity contribution is -0.148. The van der Waals surface area contributed by atoms with E-state index in [4.69, 9.17) is 15.2 Å². The number of rotatable bonds is 4.